The van der Waals surface area contributed by atoms with Crippen LogP contribution >= 0.6 is 12.2 Å². The lowest BCUT2D eigenvalue weighted by Gasteiger charge is -2.30. The van der Waals surface area contributed by atoms with Crippen molar-refractivity contribution in [2.45, 2.75) is 25.9 Å². The number of para-hydroxylation sites is 2. The highest BCUT2D eigenvalue weighted by atomic mass is 32.1. The zero-order valence-corrected chi connectivity index (χ0v) is 18.7. The first-order chi connectivity index (χ1) is 15.7. The van der Waals surface area contributed by atoms with E-state index in [1.54, 1.807) is 24.3 Å². The molecule has 1 amide bonds. The molecule has 1 aliphatic rings. The molecule has 164 valence electrons. The van der Waals surface area contributed by atoms with Crippen molar-refractivity contribution in [3.05, 3.63) is 90.0 Å². The number of benzene rings is 3. The average Bonchev–Trinajstić information content (AvgIpc) is 2.84. The number of thiocarbonyl (C=S) groups is 1. The molecule has 0 aromatic heterocycles. The van der Waals surface area contributed by atoms with Gasteiger partial charge in [-0.05, 0) is 73.4 Å². The number of amides is 1. The molecule has 5 nitrogen and oxygen atoms in total. The quantitative estimate of drug-likeness (QED) is 0.499. The molecular weight excluding hydrogens is 418 g/mol. The fourth-order valence-corrected chi connectivity index (χ4v) is 3.96. The van der Waals surface area contributed by atoms with Crippen LogP contribution in [0.3, 0.4) is 0 Å². The SMILES string of the molecule is O=C(NC(=S)Nc1ccccc1N1CCCCC1)c1ccc(OCc2ccccc2)cc1. The predicted molar refractivity (Wildman–Crippen MR) is 133 cm³/mol. The molecule has 6 heteroatoms. The van der Waals surface area contributed by atoms with Gasteiger partial charge in [0.05, 0.1) is 11.4 Å². The fourth-order valence-electron chi connectivity index (χ4n) is 3.76. The highest BCUT2D eigenvalue weighted by molar-refractivity contribution is 7.80. The molecule has 0 radical (unpaired) electrons. The van der Waals surface area contributed by atoms with E-state index >= 15 is 0 Å². The van der Waals surface area contributed by atoms with E-state index in [0.29, 0.717) is 17.9 Å². The Balaban J connectivity index is 1.32. The van der Waals surface area contributed by atoms with Gasteiger partial charge in [0.2, 0.25) is 0 Å². The van der Waals surface area contributed by atoms with Crippen LogP contribution in [-0.4, -0.2) is 24.1 Å². The molecule has 2 N–H and O–H groups in total. The molecule has 0 bridgehead atoms. The Labute approximate surface area is 194 Å². The van der Waals surface area contributed by atoms with Crippen molar-refractivity contribution in [1.29, 1.82) is 0 Å². The molecule has 3 aromatic rings. The number of hydrogen-bond acceptors (Lipinski definition) is 4. The topological polar surface area (TPSA) is 53.6 Å². The van der Waals surface area contributed by atoms with Gasteiger partial charge in [-0.1, -0.05) is 42.5 Å². The maximum absolute atomic E-state index is 12.6. The molecule has 4 rings (SSSR count). The number of carbonyl (C=O) groups is 1. The van der Waals surface area contributed by atoms with Gasteiger partial charge in [-0.25, -0.2) is 0 Å². The molecule has 3 aromatic carbocycles. The van der Waals surface area contributed by atoms with Crippen molar-refractivity contribution >= 4 is 34.6 Å². The van der Waals surface area contributed by atoms with Gasteiger partial charge in [0.15, 0.2) is 5.11 Å². The monoisotopic (exact) mass is 445 g/mol. The standard InChI is InChI=1S/C26H27N3O2S/c30-25(21-13-15-22(16-14-21)31-19-20-9-3-1-4-10-20)28-26(32)27-23-11-5-6-12-24(23)29-17-7-2-8-18-29/h1,3-6,9-16H,2,7-8,17-19H2,(H2,27,28,30,32). The first-order valence-corrected chi connectivity index (χ1v) is 11.3. The maximum atomic E-state index is 12.6. The van der Waals surface area contributed by atoms with Crippen LogP contribution in [0.1, 0.15) is 35.2 Å². The lowest BCUT2D eigenvalue weighted by molar-refractivity contribution is 0.0977. The molecular formula is C26H27N3O2S. The van der Waals surface area contributed by atoms with Gasteiger partial charge in [0.1, 0.15) is 12.4 Å². The molecule has 0 spiro atoms. The number of nitrogens with zero attached hydrogens (tertiary/aromatic N) is 1. The van der Waals surface area contributed by atoms with E-state index in [2.05, 4.69) is 21.6 Å². The lowest BCUT2D eigenvalue weighted by Crippen LogP contribution is -2.35. The smallest absolute Gasteiger partial charge is 0.257 e. The second kappa shape index (κ2) is 10.8. The first kappa shape index (κ1) is 21.8. The summed E-state index contributed by atoms with van der Waals surface area (Å²) in [6.45, 7) is 2.56. The van der Waals surface area contributed by atoms with Crippen LogP contribution in [0, 0.1) is 0 Å². The molecule has 0 atom stereocenters. The number of piperidine rings is 1. The van der Waals surface area contributed by atoms with Gasteiger partial charge in [0.25, 0.3) is 5.91 Å². The summed E-state index contributed by atoms with van der Waals surface area (Å²) in [7, 11) is 0. The van der Waals surface area contributed by atoms with Crippen LogP contribution in [0.15, 0.2) is 78.9 Å². The second-order valence-electron chi connectivity index (χ2n) is 7.77. The largest absolute Gasteiger partial charge is 0.489 e. The van der Waals surface area contributed by atoms with Crippen molar-refractivity contribution < 1.29 is 9.53 Å². The summed E-state index contributed by atoms with van der Waals surface area (Å²) in [5, 5.41) is 6.25. The van der Waals surface area contributed by atoms with Crippen LogP contribution in [0.25, 0.3) is 0 Å². The summed E-state index contributed by atoms with van der Waals surface area (Å²) in [4.78, 5) is 15.0. The summed E-state index contributed by atoms with van der Waals surface area (Å²) in [5.74, 6) is 0.453. The van der Waals surface area contributed by atoms with Gasteiger partial charge < -0.3 is 15.0 Å². The van der Waals surface area contributed by atoms with Gasteiger partial charge in [0, 0.05) is 18.7 Å². The number of nitrogens with one attached hydrogen (secondary N) is 2. The fraction of sp³-hybridized carbons (Fsp3) is 0.231. The molecule has 32 heavy (non-hydrogen) atoms. The van der Waals surface area contributed by atoms with E-state index in [0.717, 1.165) is 30.0 Å². The van der Waals surface area contributed by atoms with E-state index in [1.165, 1.54) is 19.3 Å². The lowest BCUT2D eigenvalue weighted by atomic mass is 10.1. The highest BCUT2D eigenvalue weighted by Crippen LogP contribution is 2.28. The Morgan fingerprint density at radius 1 is 0.875 bits per heavy atom. The van der Waals surface area contributed by atoms with Crippen LogP contribution in [0.2, 0.25) is 0 Å². The van der Waals surface area contributed by atoms with Crippen molar-refractivity contribution in [2.75, 3.05) is 23.3 Å². The number of rotatable bonds is 6. The van der Waals surface area contributed by atoms with E-state index in [1.807, 2.05) is 48.5 Å². The van der Waals surface area contributed by atoms with Crippen molar-refractivity contribution in [3.8, 4) is 5.75 Å². The Bertz CT molecular complexity index is 1050. The Morgan fingerprint density at radius 3 is 2.31 bits per heavy atom. The normalized spacial score (nSPS) is 13.3. The van der Waals surface area contributed by atoms with Gasteiger partial charge in [-0.15, -0.1) is 0 Å². The zero-order chi connectivity index (χ0) is 22.2. The molecule has 1 saturated heterocycles. The van der Waals surface area contributed by atoms with Gasteiger partial charge in [-0.3, -0.25) is 10.1 Å². The van der Waals surface area contributed by atoms with Gasteiger partial charge in [-0.2, -0.15) is 0 Å². The van der Waals surface area contributed by atoms with Crippen LogP contribution in [-0.2, 0) is 6.61 Å². The summed E-state index contributed by atoms with van der Waals surface area (Å²) < 4.78 is 5.78. The van der Waals surface area contributed by atoms with E-state index in [4.69, 9.17) is 17.0 Å². The van der Waals surface area contributed by atoms with E-state index in [9.17, 15) is 4.79 Å². The van der Waals surface area contributed by atoms with Gasteiger partial charge >= 0.3 is 0 Å². The number of hydrogen-bond donors (Lipinski definition) is 2. The van der Waals surface area contributed by atoms with Crippen LogP contribution in [0.4, 0.5) is 11.4 Å². The highest BCUT2D eigenvalue weighted by Gasteiger charge is 2.15. The summed E-state index contributed by atoms with van der Waals surface area (Å²) in [5.41, 5.74) is 3.63. The Hall–Kier alpha value is -3.38. The molecule has 0 unspecified atom stereocenters. The summed E-state index contributed by atoms with van der Waals surface area (Å²) >= 11 is 5.41. The van der Waals surface area contributed by atoms with Crippen molar-refractivity contribution in [3.63, 3.8) is 0 Å². The number of anilines is 2. The minimum Gasteiger partial charge on any atom is -0.489 e. The zero-order valence-electron chi connectivity index (χ0n) is 17.9. The molecule has 0 saturated carbocycles. The average molecular weight is 446 g/mol. The van der Waals surface area contributed by atoms with E-state index < -0.39 is 0 Å². The number of ether oxygens (including phenoxy) is 1. The van der Waals surface area contributed by atoms with E-state index in [-0.39, 0.29) is 11.0 Å². The minimum atomic E-state index is -0.257. The van der Waals surface area contributed by atoms with Crippen LogP contribution < -0.4 is 20.3 Å². The molecule has 0 aliphatic carbocycles. The molecule has 1 heterocycles. The third-order valence-corrected chi connectivity index (χ3v) is 5.65. The Kier molecular flexibility index (Phi) is 7.35. The molecule has 1 fully saturated rings. The molecule has 1 aliphatic heterocycles. The van der Waals surface area contributed by atoms with Crippen molar-refractivity contribution in [1.82, 2.24) is 5.32 Å². The number of carbonyl (C=O) groups excluding carboxylic acids is 1. The second-order valence-corrected chi connectivity index (χ2v) is 8.18. The minimum absolute atomic E-state index is 0.257. The van der Waals surface area contributed by atoms with Crippen molar-refractivity contribution in [2.24, 2.45) is 0 Å². The Morgan fingerprint density at radius 2 is 1.56 bits per heavy atom. The first-order valence-electron chi connectivity index (χ1n) is 10.9. The summed E-state index contributed by atoms with van der Waals surface area (Å²) in [6, 6.07) is 25.1. The maximum Gasteiger partial charge on any atom is 0.257 e. The third kappa shape index (κ3) is 5.86. The third-order valence-electron chi connectivity index (χ3n) is 5.44. The van der Waals surface area contributed by atoms with Crippen LogP contribution in [0.5, 0.6) is 5.75 Å². The predicted octanol–water partition coefficient (Wildman–Crippen LogP) is 5.38. The summed E-state index contributed by atoms with van der Waals surface area (Å²) in [6.07, 6.45) is 3.66.